The van der Waals surface area contributed by atoms with Crippen LogP contribution >= 0.6 is 0 Å². The van der Waals surface area contributed by atoms with Gasteiger partial charge in [0.15, 0.2) is 0 Å². The fourth-order valence-electron chi connectivity index (χ4n) is 3.28. The largest absolute Gasteiger partial charge is 0.0776 e. The van der Waals surface area contributed by atoms with E-state index < -0.39 is 0 Å². The van der Waals surface area contributed by atoms with Crippen LogP contribution in [-0.4, -0.2) is 0 Å². The molecule has 0 aliphatic heterocycles. The number of hydrogen-bond donors (Lipinski definition) is 0. The second-order valence-electron chi connectivity index (χ2n) is 6.08. The van der Waals surface area contributed by atoms with Gasteiger partial charge in [-0.3, -0.25) is 0 Å². The standard InChI is InChI=1S/C19H20.C2H6.4CH4/c1-18(16-9-5-3-6-10-16)13-14-19(2,15-18)17-11-7-4-8-12-17;1-2;;;;/h3-14H,15H2,1-2H3;1-2H3;4*1H4. The molecular weight excluding hydrogens is 300 g/mol. The van der Waals surface area contributed by atoms with Gasteiger partial charge in [-0.1, -0.05) is 130 Å². The van der Waals surface area contributed by atoms with E-state index in [1.807, 2.05) is 13.8 Å². The molecule has 1 aliphatic rings. The molecule has 0 heteroatoms. The van der Waals surface area contributed by atoms with Gasteiger partial charge in [0.1, 0.15) is 0 Å². The van der Waals surface area contributed by atoms with Crippen LogP contribution in [0, 0.1) is 0 Å². The first-order valence-corrected chi connectivity index (χ1v) is 7.94. The Morgan fingerprint density at radius 1 is 0.560 bits per heavy atom. The number of benzene rings is 2. The Hall–Kier alpha value is -1.82. The summed E-state index contributed by atoms with van der Waals surface area (Å²) in [6, 6.07) is 21.6. The lowest BCUT2D eigenvalue weighted by Crippen LogP contribution is -2.25. The molecule has 0 radical (unpaired) electrons. The topological polar surface area (TPSA) is 0 Å². The minimum absolute atomic E-state index is 0. The van der Waals surface area contributed by atoms with Gasteiger partial charge in [-0.05, 0) is 17.5 Å². The predicted molar refractivity (Wildman–Crippen MR) is 120 cm³/mol. The van der Waals surface area contributed by atoms with Gasteiger partial charge in [0.05, 0.1) is 0 Å². The maximum absolute atomic E-state index is 2.38. The number of rotatable bonds is 2. The Labute approximate surface area is 159 Å². The summed E-state index contributed by atoms with van der Waals surface area (Å²) in [4.78, 5) is 0. The van der Waals surface area contributed by atoms with Crippen LogP contribution in [0.2, 0.25) is 0 Å². The Balaban J connectivity index is -0.000000780. The Bertz CT molecular complexity index is 528. The van der Waals surface area contributed by atoms with Gasteiger partial charge < -0.3 is 0 Å². The molecule has 0 nitrogen and oxygen atoms in total. The summed E-state index contributed by atoms with van der Waals surface area (Å²) < 4.78 is 0. The molecule has 0 saturated carbocycles. The summed E-state index contributed by atoms with van der Waals surface area (Å²) >= 11 is 0. The van der Waals surface area contributed by atoms with Crippen molar-refractivity contribution in [2.45, 2.75) is 74.7 Å². The summed E-state index contributed by atoms with van der Waals surface area (Å²) in [6.45, 7) is 8.68. The van der Waals surface area contributed by atoms with Crippen molar-refractivity contribution in [3.05, 3.63) is 83.9 Å². The highest BCUT2D eigenvalue weighted by molar-refractivity contribution is 5.42. The SMILES string of the molecule is C.C.C.C.CC.CC1(c2ccccc2)C=CC(C)(c2ccccc2)C1. The molecule has 0 N–H and O–H groups in total. The third-order valence-corrected chi connectivity index (χ3v) is 4.42. The van der Waals surface area contributed by atoms with Crippen molar-refractivity contribution in [1.29, 1.82) is 0 Å². The van der Waals surface area contributed by atoms with E-state index in [1.165, 1.54) is 11.1 Å². The first kappa shape index (κ1) is 28.0. The molecule has 0 saturated heterocycles. The predicted octanol–water partition coefficient (Wildman–Crippen LogP) is 8.43. The van der Waals surface area contributed by atoms with E-state index in [1.54, 1.807) is 0 Å². The van der Waals surface area contributed by atoms with Crippen molar-refractivity contribution in [1.82, 2.24) is 0 Å². The lowest BCUT2D eigenvalue weighted by atomic mass is 9.73. The van der Waals surface area contributed by atoms with E-state index >= 15 is 0 Å². The van der Waals surface area contributed by atoms with Crippen molar-refractivity contribution in [2.24, 2.45) is 0 Å². The molecule has 2 aromatic rings. The van der Waals surface area contributed by atoms with Crippen LogP contribution in [0.25, 0.3) is 0 Å². The van der Waals surface area contributed by atoms with Crippen molar-refractivity contribution < 1.29 is 0 Å². The van der Waals surface area contributed by atoms with Gasteiger partial charge in [-0.15, -0.1) is 0 Å². The highest BCUT2D eigenvalue weighted by atomic mass is 14.4. The molecule has 142 valence electrons. The summed E-state index contributed by atoms with van der Waals surface area (Å²) in [5, 5.41) is 0. The van der Waals surface area contributed by atoms with Gasteiger partial charge in [-0.25, -0.2) is 0 Å². The number of allylic oxidation sites excluding steroid dienone is 2. The first-order chi connectivity index (χ1) is 10.1. The average Bonchev–Trinajstić information content (AvgIpc) is 2.89. The minimum Gasteiger partial charge on any atom is -0.0776 e. The Kier molecular flexibility index (Phi) is 13.1. The van der Waals surface area contributed by atoms with Gasteiger partial charge in [0, 0.05) is 10.8 Å². The summed E-state index contributed by atoms with van der Waals surface area (Å²) in [5.74, 6) is 0. The van der Waals surface area contributed by atoms with E-state index in [4.69, 9.17) is 0 Å². The van der Waals surface area contributed by atoms with Crippen LogP contribution in [-0.2, 0) is 10.8 Å². The molecule has 0 aromatic heterocycles. The third-order valence-electron chi connectivity index (χ3n) is 4.42. The van der Waals surface area contributed by atoms with Crippen LogP contribution in [0.3, 0.4) is 0 Å². The van der Waals surface area contributed by atoms with Gasteiger partial charge in [-0.2, -0.15) is 0 Å². The van der Waals surface area contributed by atoms with Gasteiger partial charge in [0.2, 0.25) is 0 Å². The van der Waals surface area contributed by atoms with Gasteiger partial charge in [0.25, 0.3) is 0 Å². The van der Waals surface area contributed by atoms with Crippen LogP contribution in [0.15, 0.2) is 72.8 Å². The highest BCUT2D eigenvalue weighted by Crippen LogP contribution is 2.46. The van der Waals surface area contributed by atoms with E-state index in [-0.39, 0.29) is 40.5 Å². The fraction of sp³-hybridized carbons (Fsp3) is 0.440. The molecule has 3 rings (SSSR count). The van der Waals surface area contributed by atoms with Crippen molar-refractivity contribution in [2.75, 3.05) is 0 Å². The smallest absolute Gasteiger partial charge is 0.0115 e. The van der Waals surface area contributed by atoms with E-state index in [2.05, 4.69) is 86.7 Å². The van der Waals surface area contributed by atoms with E-state index in [9.17, 15) is 0 Å². The summed E-state index contributed by atoms with van der Waals surface area (Å²) in [7, 11) is 0. The van der Waals surface area contributed by atoms with Crippen molar-refractivity contribution >= 4 is 0 Å². The normalized spacial score (nSPS) is 22.7. The first-order valence-electron chi connectivity index (χ1n) is 7.94. The Morgan fingerprint density at radius 3 is 1.12 bits per heavy atom. The third kappa shape index (κ3) is 5.88. The molecule has 2 atom stereocenters. The minimum atomic E-state index is 0. The molecule has 0 bridgehead atoms. The average molecular weight is 343 g/mol. The van der Waals surface area contributed by atoms with Crippen LogP contribution in [0.5, 0.6) is 0 Å². The fourth-order valence-corrected chi connectivity index (χ4v) is 3.28. The number of hydrogen-bond acceptors (Lipinski definition) is 0. The van der Waals surface area contributed by atoms with Gasteiger partial charge >= 0.3 is 0 Å². The molecule has 25 heavy (non-hydrogen) atoms. The lowest BCUT2D eigenvalue weighted by molar-refractivity contribution is 0.455. The molecule has 0 spiro atoms. The molecule has 0 amide bonds. The molecule has 2 aromatic carbocycles. The highest BCUT2D eigenvalue weighted by Gasteiger charge is 2.39. The second kappa shape index (κ2) is 11.7. The molecule has 0 heterocycles. The van der Waals surface area contributed by atoms with Crippen LogP contribution in [0.4, 0.5) is 0 Å². The summed E-state index contributed by atoms with van der Waals surface area (Å²) in [6.07, 6.45) is 5.90. The lowest BCUT2D eigenvalue weighted by Gasteiger charge is -2.30. The van der Waals surface area contributed by atoms with E-state index in [0.29, 0.717) is 0 Å². The molecule has 0 fully saturated rings. The molecule has 1 aliphatic carbocycles. The monoisotopic (exact) mass is 342 g/mol. The summed E-state index contributed by atoms with van der Waals surface area (Å²) in [5.41, 5.74) is 3.11. The Morgan fingerprint density at radius 2 is 0.840 bits per heavy atom. The zero-order chi connectivity index (χ0) is 15.3. The van der Waals surface area contributed by atoms with Crippen molar-refractivity contribution in [3.8, 4) is 0 Å². The second-order valence-corrected chi connectivity index (χ2v) is 6.08. The quantitative estimate of drug-likeness (QED) is 0.480. The van der Waals surface area contributed by atoms with Crippen LogP contribution < -0.4 is 0 Å². The molecular formula is C25H42. The zero-order valence-electron chi connectivity index (χ0n) is 13.6. The van der Waals surface area contributed by atoms with E-state index in [0.717, 1.165) is 6.42 Å². The van der Waals surface area contributed by atoms with Crippen LogP contribution in [0.1, 0.15) is 74.9 Å². The molecule has 2 unspecified atom stereocenters. The maximum Gasteiger partial charge on any atom is 0.0115 e. The maximum atomic E-state index is 2.38. The zero-order valence-corrected chi connectivity index (χ0v) is 13.6. The van der Waals surface area contributed by atoms with Crippen molar-refractivity contribution in [3.63, 3.8) is 0 Å².